The molecule has 4 nitrogen and oxygen atoms in total. The Labute approximate surface area is 117 Å². The Hall–Kier alpha value is -0.320. The third kappa shape index (κ3) is 7.90. The molecule has 0 aliphatic heterocycles. The van der Waals surface area contributed by atoms with E-state index >= 15 is 0 Å². The van der Waals surface area contributed by atoms with Gasteiger partial charge < -0.3 is 16.2 Å². The van der Waals surface area contributed by atoms with Crippen LogP contribution in [0.15, 0.2) is 0 Å². The first-order chi connectivity index (χ1) is 7.99. The molecule has 0 saturated heterocycles. The Morgan fingerprint density at radius 1 is 1.39 bits per heavy atom. The van der Waals surface area contributed by atoms with Crippen LogP contribution in [-0.4, -0.2) is 30.2 Å². The van der Waals surface area contributed by atoms with E-state index in [9.17, 15) is 4.79 Å². The number of halogens is 1. The molecular formula is C13H29ClN2O2. The zero-order valence-electron chi connectivity index (χ0n) is 11.9. The van der Waals surface area contributed by atoms with Crippen molar-refractivity contribution in [1.82, 2.24) is 5.32 Å². The van der Waals surface area contributed by atoms with E-state index in [0.29, 0.717) is 13.0 Å². The van der Waals surface area contributed by atoms with Crippen molar-refractivity contribution in [2.24, 2.45) is 11.1 Å². The van der Waals surface area contributed by atoms with Crippen molar-refractivity contribution in [2.45, 2.75) is 58.9 Å². The molecule has 18 heavy (non-hydrogen) atoms. The summed E-state index contributed by atoms with van der Waals surface area (Å²) in [5.41, 5.74) is 5.65. The minimum absolute atomic E-state index is 0. The lowest BCUT2D eigenvalue weighted by molar-refractivity contribution is -0.121. The number of hydrogen-bond donors (Lipinski definition) is 3. The molecule has 0 rings (SSSR count). The van der Waals surface area contributed by atoms with Crippen LogP contribution in [0.2, 0.25) is 0 Å². The van der Waals surface area contributed by atoms with Crippen LogP contribution >= 0.6 is 12.4 Å². The number of hydrogen-bond acceptors (Lipinski definition) is 3. The minimum Gasteiger partial charge on any atom is -0.396 e. The number of aliphatic hydroxyl groups excluding tert-OH is 1. The molecule has 0 radical (unpaired) electrons. The Morgan fingerprint density at radius 2 is 1.94 bits per heavy atom. The molecule has 0 fully saturated rings. The second kappa shape index (κ2) is 10.6. The van der Waals surface area contributed by atoms with Crippen molar-refractivity contribution in [3.8, 4) is 0 Å². The zero-order chi connectivity index (χ0) is 13.3. The monoisotopic (exact) mass is 280 g/mol. The summed E-state index contributed by atoms with van der Waals surface area (Å²) in [7, 11) is 0. The van der Waals surface area contributed by atoms with Crippen LogP contribution < -0.4 is 11.1 Å². The van der Waals surface area contributed by atoms with Crippen molar-refractivity contribution in [2.75, 3.05) is 13.2 Å². The molecule has 0 bridgehead atoms. The van der Waals surface area contributed by atoms with E-state index in [4.69, 9.17) is 10.8 Å². The minimum atomic E-state index is 0. The fourth-order valence-electron chi connectivity index (χ4n) is 1.91. The first-order valence-electron chi connectivity index (χ1n) is 6.62. The van der Waals surface area contributed by atoms with E-state index in [0.717, 1.165) is 25.7 Å². The number of nitrogens with two attached hydrogens (primary N) is 1. The molecule has 4 N–H and O–H groups in total. The fraction of sp³-hybridized carbons (Fsp3) is 0.923. The number of carbonyl (C=O) groups is 1. The van der Waals surface area contributed by atoms with Gasteiger partial charge in [0, 0.05) is 25.6 Å². The van der Waals surface area contributed by atoms with Gasteiger partial charge in [-0.25, -0.2) is 0 Å². The van der Waals surface area contributed by atoms with Crippen molar-refractivity contribution in [1.29, 1.82) is 0 Å². The Bertz CT molecular complexity index is 219. The lowest BCUT2D eigenvalue weighted by Crippen LogP contribution is -2.38. The smallest absolute Gasteiger partial charge is 0.220 e. The standard InChI is InChI=1S/C13H28N2O2.ClH/c1-4-13(5-2,8-9-16)10-15-12(17)7-6-11(3)14;/h11,16H,4-10,14H2,1-3H3,(H,15,17);1H. The van der Waals surface area contributed by atoms with Crippen LogP contribution in [0.3, 0.4) is 0 Å². The first-order valence-corrected chi connectivity index (χ1v) is 6.62. The maximum atomic E-state index is 11.6. The lowest BCUT2D eigenvalue weighted by atomic mass is 9.79. The largest absolute Gasteiger partial charge is 0.396 e. The second-order valence-electron chi connectivity index (χ2n) is 4.97. The van der Waals surface area contributed by atoms with Crippen molar-refractivity contribution < 1.29 is 9.90 Å². The average Bonchev–Trinajstić information content (AvgIpc) is 2.32. The van der Waals surface area contributed by atoms with Gasteiger partial charge in [-0.2, -0.15) is 0 Å². The zero-order valence-corrected chi connectivity index (χ0v) is 12.7. The Morgan fingerprint density at radius 3 is 2.33 bits per heavy atom. The maximum Gasteiger partial charge on any atom is 0.220 e. The molecular weight excluding hydrogens is 252 g/mol. The van der Waals surface area contributed by atoms with E-state index in [1.807, 2.05) is 6.92 Å². The Kier molecular flexibility index (Phi) is 11.8. The first kappa shape index (κ1) is 20.0. The number of aliphatic hydroxyl groups is 1. The van der Waals surface area contributed by atoms with Gasteiger partial charge in [-0.05, 0) is 38.0 Å². The van der Waals surface area contributed by atoms with E-state index in [2.05, 4.69) is 19.2 Å². The normalized spacial score (nSPS) is 12.7. The third-order valence-electron chi connectivity index (χ3n) is 3.63. The third-order valence-corrected chi connectivity index (χ3v) is 3.63. The quantitative estimate of drug-likeness (QED) is 0.603. The molecule has 0 spiro atoms. The van der Waals surface area contributed by atoms with Crippen LogP contribution in [0.25, 0.3) is 0 Å². The fourth-order valence-corrected chi connectivity index (χ4v) is 1.91. The van der Waals surface area contributed by atoms with Gasteiger partial charge in [0.2, 0.25) is 5.91 Å². The molecule has 1 unspecified atom stereocenters. The van der Waals surface area contributed by atoms with E-state index in [-0.39, 0.29) is 36.4 Å². The van der Waals surface area contributed by atoms with Gasteiger partial charge in [-0.15, -0.1) is 12.4 Å². The van der Waals surface area contributed by atoms with Crippen LogP contribution in [-0.2, 0) is 4.79 Å². The predicted octanol–water partition coefficient (Wildman–Crippen LogP) is 1.84. The summed E-state index contributed by atoms with van der Waals surface area (Å²) in [6, 6.07) is 0.0697. The molecule has 0 saturated carbocycles. The second-order valence-corrected chi connectivity index (χ2v) is 4.97. The van der Waals surface area contributed by atoms with Gasteiger partial charge in [0.15, 0.2) is 0 Å². The van der Waals surface area contributed by atoms with E-state index in [1.54, 1.807) is 0 Å². The lowest BCUT2D eigenvalue weighted by Gasteiger charge is -2.31. The number of nitrogens with one attached hydrogen (secondary N) is 1. The number of amides is 1. The summed E-state index contributed by atoms with van der Waals surface area (Å²) < 4.78 is 0. The summed E-state index contributed by atoms with van der Waals surface area (Å²) in [4.78, 5) is 11.6. The van der Waals surface area contributed by atoms with Gasteiger partial charge in [0.1, 0.15) is 0 Å². The highest BCUT2D eigenvalue weighted by atomic mass is 35.5. The molecule has 0 aliphatic carbocycles. The predicted molar refractivity (Wildman–Crippen MR) is 77.9 cm³/mol. The molecule has 0 heterocycles. The van der Waals surface area contributed by atoms with Gasteiger partial charge in [-0.3, -0.25) is 4.79 Å². The van der Waals surface area contributed by atoms with Gasteiger partial charge in [0.25, 0.3) is 0 Å². The highest BCUT2D eigenvalue weighted by molar-refractivity contribution is 5.85. The molecule has 0 aromatic carbocycles. The van der Waals surface area contributed by atoms with Gasteiger partial charge >= 0.3 is 0 Å². The van der Waals surface area contributed by atoms with Crippen molar-refractivity contribution >= 4 is 18.3 Å². The Balaban J connectivity index is 0. The molecule has 110 valence electrons. The highest BCUT2D eigenvalue weighted by Gasteiger charge is 2.25. The number of rotatable bonds is 9. The molecule has 0 aromatic rings. The van der Waals surface area contributed by atoms with Crippen LogP contribution in [0.5, 0.6) is 0 Å². The summed E-state index contributed by atoms with van der Waals surface area (Å²) in [6.07, 6.45) is 3.89. The average molecular weight is 281 g/mol. The molecule has 1 atom stereocenters. The van der Waals surface area contributed by atoms with Crippen LogP contribution in [0.4, 0.5) is 0 Å². The van der Waals surface area contributed by atoms with Crippen molar-refractivity contribution in [3.63, 3.8) is 0 Å². The molecule has 1 amide bonds. The maximum absolute atomic E-state index is 11.6. The van der Waals surface area contributed by atoms with Gasteiger partial charge in [0.05, 0.1) is 0 Å². The molecule has 5 heteroatoms. The van der Waals surface area contributed by atoms with Crippen LogP contribution in [0.1, 0.15) is 52.9 Å². The van der Waals surface area contributed by atoms with Crippen LogP contribution in [0, 0.1) is 5.41 Å². The summed E-state index contributed by atoms with van der Waals surface area (Å²) in [5.74, 6) is 0.0616. The van der Waals surface area contributed by atoms with E-state index in [1.165, 1.54) is 0 Å². The van der Waals surface area contributed by atoms with Crippen molar-refractivity contribution in [3.05, 3.63) is 0 Å². The summed E-state index contributed by atoms with van der Waals surface area (Å²) in [6.45, 7) is 6.94. The number of carbonyl (C=O) groups excluding carboxylic acids is 1. The summed E-state index contributed by atoms with van der Waals surface area (Å²) in [5, 5.41) is 12.0. The topological polar surface area (TPSA) is 75.3 Å². The molecule has 0 aliphatic rings. The highest BCUT2D eigenvalue weighted by Crippen LogP contribution is 2.29. The SMILES string of the molecule is CCC(CC)(CCO)CNC(=O)CCC(C)N.Cl. The molecule has 0 aromatic heterocycles. The summed E-state index contributed by atoms with van der Waals surface area (Å²) >= 11 is 0. The van der Waals surface area contributed by atoms with E-state index < -0.39 is 0 Å². The van der Waals surface area contributed by atoms with Gasteiger partial charge in [-0.1, -0.05) is 13.8 Å².